The van der Waals surface area contributed by atoms with E-state index in [0.717, 1.165) is 15.7 Å². The van der Waals surface area contributed by atoms with Crippen LogP contribution in [0.2, 0.25) is 5.02 Å². The van der Waals surface area contributed by atoms with Gasteiger partial charge in [0.2, 0.25) is 0 Å². The second-order valence-electron chi connectivity index (χ2n) is 6.01. The van der Waals surface area contributed by atoms with E-state index in [1.165, 1.54) is 17.5 Å². The van der Waals surface area contributed by atoms with E-state index in [1.54, 1.807) is 0 Å². The minimum Gasteiger partial charge on any atom is -0.380 e. The monoisotopic (exact) mass is 412 g/mol. The summed E-state index contributed by atoms with van der Waals surface area (Å²) < 4.78 is 8.41. The molecule has 4 rings (SSSR count). The van der Waals surface area contributed by atoms with Gasteiger partial charge in [0.15, 0.2) is 4.80 Å². The summed E-state index contributed by atoms with van der Waals surface area (Å²) in [6.07, 6.45) is 1.46. The standard InChI is InChI=1S/C20H17ClN4O2S/c1-2-27-10-9-25-17-8-7-13(21)11-18(17)28-20(25)24-19(26)16-12-22-14-5-3-4-6-15(14)23-16/h3-8,11-12H,2,9-10H2,1H3. The summed E-state index contributed by atoms with van der Waals surface area (Å²) >= 11 is 7.53. The van der Waals surface area contributed by atoms with Gasteiger partial charge < -0.3 is 9.30 Å². The smallest absolute Gasteiger partial charge is 0.299 e. The van der Waals surface area contributed by atoms with Gasteiger partial charge in [-0.15, -0.1) is 0 Å². The van der Waals surface area contributed by atoms with Crippen LogP contribution >= 0.6 is 22.9 Å². The average molecular weight is 413 g/mol. The lowest BCUT2D eigenvalue weighted by molar-refractivity contribution is 0.0992. The van der Waals surface area contributed by atoms with E-state index in [-0.39, 0.29) is 5.69 Å². The molecule has 28 heavy (non-hydrogen) atoms. The van der Waals surface area contributed by atoms with E-state index in [2.05, 4.69) is 15.0 Å². The van der Waals surface area contributed by atoms with E-state index in [1.807, 2.05) is 54.0 Å². The zero-order valence-corrected chi connectivity index (χ0v) is 16.7. The maximum absolute atomic E-state index is 12.8. The number of thiazole rings is 1. The number of benzene rings is 2. The lowest BCUT2D eigenvalue weighted by Gasteiger charge is -2.05. The van der Waals surface area contributed by atoms with E-state index in [0.29, 0.717) is 35.1 Å². The van der Waals surface area contributed by atoms with E-state index in [9.17, 15) is 4.79 Å². The first-order valence-corrected chi connectivity index (χ1v) is 10.0. The third-order valence-electron chi connectivity index (χ3n) is 4.17. The fraction of sp³-hybridized carbons (Fsp3) is 0.200. The van der Waals surface area contributed by atoms with Gasteiger partial charge in [-0.2, -0.15) is 4.99 Å². The van der Waals surface area contributed by atoms with Crippen LogP contribution < -0.4 is 4.80 Å². The normalized spacial score (nSPS) is 12.1. The van der Waals surface area contributed by atoms with E-state index >= 15 is 0 Å². The number of rotatable bonds is 5. The third-order valence-corrected chi connectivity index (χ3v) is 5.45. The molecule has 0 atom stereocenters. The van der Waals surface area contributed by atoms with Crippen LogP contribution in [0.15, 0.2) is 53.7 Å². The van der Waals surface area contributed by atoms with Crippen LogP contribution in [0.25, 0.3) is 21.3 Å². The predicted molar refractivity (Wildman–Crippen MR) is 111 cm³/mol. The molecule has 0 bridgehead atoms. The number of para-hydroxylation sites is 2. The van der Waals surface area contributed by atoms with Crippen LogP contribution in [-0.4, -0.2) is 33.7 Å². The maximum atomic E-state index is 12.8. The zero-order valence-electron chi connectivity index (χ0n) is 15.1. The van der Waals surface area contributed by atoms with Gasteiger partial charge in [-0.3, -0.25) is 9.78 Å². The molecular weight excluding hydrogens is 396 g/mol. The maximum Gasteiger partial charge on any atom is 0.299 e. The fourth-order valence-electron chi connectivity index (χ4n) is 2.85. The first-order chi connectivity index (χ1) is 13.7. The van der Waals surface area contributed by atoms with Crippen molar-refractivity contribution in [3.8, 4) is 0 Å². The van der Waals surface area contributed by atoms with Gasteiger partial charge in [0, 0.05) is 18.2 Å². The molecule has 2 aromatic heterocycles. The van der Waals surface area contributed by atoms with Crippen LogP contribution in [0, 0.1) is 0 Å². The molecule has 6 nitrogen and oxygen atoms in total. The quantitative estimate of drug-likeness (QED) is 0.463. The largest absolute Gasteiger partial charge is 0.380 e. The molecule has 1 amide bonds. The molecule has 0 aliphatic rings. The number of carbonyl (C=O) groups excluding carboxylic acids is 1. The molecule has 142 valence electrons. The summed E-state index contributed by atoms with van der Waals surface area (Å²) in [6, 6.07) is 13.0. The Kier molecular flexibility index (Phi) is 5.47. The summed E-state index contributed by atoms with van der Waals surface area (Å²) in [7, 11) is 0. The number of nitrogens with zero attached hydrogens (tertiary/aromatic N) is 4. The summed E-state index contributed by atoms with van der Waals surface area (Å²) in [5, 5.41) is 0.643. The van der Waals surface area contributed by atoms with Crippen LogP contribution in [0.1, 0.15) is 17.4 Å². The summed E-state index contributed by atoms with van der Waals surface area (Å²) in [6.45, 7) is 3.70. The first kappa shape index (κ1) is 18.7. The molecular formula is C20H17ClN4O2S. The minimum absolute atomic E-state index is 0.213. The van der Waals surface area contributed by atoms with Crippen molar-refractivity contribution >= 4 is 50.1 Å². The Labute approximate surface area is 170 Å². The number of hydrogen-bond acceptors (Lipinski definition) is 5. The fourth-order valence-corrected chi connectivity index (χ4v) is 4.18. The third kappa shape index (κ3) is 3.82. The number of amides is 1. The van der Waals surface area contributed by atoms with Crippen molar-refractivity contribution in [3.63, 3.8) is 0 Å². The molecule has 0 aliphatic heterocycles. The lowest BCUT2D eigenvalue weighted by atomic mass is 10.3. The molecule has 0 N–H and O–H groups in total. The van der Waals surface area contributed by atoms with Gasteiger partial charge in [0.05, 0.1) is 34.1 Å². The number of fused-ring (bicyclic) bond motifs is 2. The predicted octanol–water partition coefficient (Wildman–Crippen LogP) is 4.08. The molecule has 0 saturated carbocycles. The molecule has 0 saturated heterocycles. The molecule has 8 heteroatoms. The average Bonchev–Trinajstić information content (AvgIpc) is 3.04. The summed E-state index contributed by atoms with van der Waals surface area (Å²) in [4.78, 5) is 26.3. The number of halogens is 1. The molecule has 2 aromatic carbocycles. The van der Waals surface area contributed by atoms with Crippen LogP contribution in [0.3, 0.4) is 0 Å². The van der Waals surface area contributed by atoms with E-state index < -0.39 is 5.91 Å². The second-order valence-corrected chi connectivity index (χ2v) is 7.45. The summed E-state index contributed by atoms with van der Waals surface area (Å²) in [5.74, 6) is -0.430. The van der Waals surface area contributed by atoms with Gasteiger partial charge >= 0.3 is 0 Å². The van der Waals surface area contributed by atoms with Gasteiger partial charge in [-0.05, 0) is 37.3 Å². The Bertz CT molecular complexity index is 1230. The molecule has 2 heterocycles. The van der Waals surface area contributed by atoms with Crippen molar-refractivity contribution in [1.82, 2.24) is 14.5 Å². The number of hydrogen-bond donors (Lipinski definition) is 0. The van der Waals surface area contributed by atoms with Crippen molar-refractivity contribution in [2.75, 3.05) is 13.2 Å². The van der Waals surface area contributed by atoms with Crippen molar-refractivity contribution in [2.45, 2.75) is 13.5 Å². The van der Waals surface area contributed by atoms with Crippen LogP contribution in [-0.2, 0) is 11.3 Å². The van der Waals surface area contributed by atoms with Crippen molar-refractivity contribution in [3.05, 3.63) is 64.2 Å². The van der Waals surface area contributed by atoms with Gasteiger partial charge in [-0.1, -0.05) is 35.1 Å². The molecule has 0 aliphatic carbocycles. The Morgan fingerprint density at radius 3 is 2.89 bits per heavy atom. The number of aromatic nitrogens is 3. The molecule has 0 spiro atoms. The van der Waals surface area contributed by atoms with Crippen molar-refractivity contribution in [1.29, 1.82) is 0 Å². The molecule has 4 aromatic rings. The molecule has 0 fully saturated rings. The minimum atomic E-state index is -0.430. The van der Waals surface area contributed by atoms with Gasteiger partial charge in [0.1, 0.15) is 5.69 Å². The van der Waals surface area contributed by atoms with Crippen LogP contribution in [0.5, 0.6) is 0 Å². The highest BCUT2D eigenvalue weighted by Gasteiger charge is 2.12. The Hall–Kier alpha value is -2.61. The van der Waals surface area contributed by atoms with Crippen molar-refractivity contribution in [2.24, 2.45) is 4.99 Å². The molecule has 0 radical (unpaired) electrons. The Morgan fingerprint density at radius 2 is 2.07 bits per heavy atom. The first-order valence-electron chi connectivity index (χ1n) is 8.83. The van der Waals surface area contributed by atoms with Gasteiger partial charge in [-0.25, -0.2) is 4.98 Å². The van der Waals surface area contributed by atoms with Gasteiger partial charge in [0.25, 0.3) is 5.91 Å². The van der Waals surface area contributed by atoms with Crippen LogP contribution in [0.4, 0.5) is 0 Å². The van der Waals surface area contributed by atoms with Crippen molar-refractivity contribution < 1.29 is 9.53 Å². The lowest BCUT2D eigenvalue weighted by Crippen LogP contribution is -2.20. The summed E-state index contributed by atoms with van der Waals surface area (Å²) in [5.41, 5.74) is 2.58. The topological polar surface area (TPSA) is 69.4 Å². The number of ether oxygens (including phenoxy) is 1. The Morgan fingerprint density at radius 1 is 1.25 bits per heavy atom. The number of carbonyl (C=O) groups is 1. The zero-order chi connectivity index (χ0) is 19.5. The highest BCUT2D eigenvalue weighted by Crippen LogP contribution is 2.22. The second kappa shape index (κ2) is 8.18. The van der Waals surface area contributed by atoms with E-state index in [4.69, 9.17) is 16.3 Å². The SMILES string of the molecule is CCOCCn1c(=NC(=O)c2cnc3ccccc3n2)sc2cc(Cl)ccc21. The highest BCUT2D eigenvalue weighted by atomic mass is 35.5. The Balaban J connectivity index is 1.77. The molecule has 0 unspecified atom stereocenters. The highest BCUT2D eigenvalue weighted by molar-refractivity contribution is 7.16.